The molecule has 84 valence electrons. The first-order valence-corrected chi connectivity index (χ1v) is 6.80. The molecule has 0 fully saturated rings. The van der Waals surface area contributed by atoms with E-state index in [-0.39, 0.29) is 0 Å². The maximum Gasteiger partial charge on any atom is 0.0570 e. The summed E-state index contributed by atoms with van der Waals surface area (Å²) in [5, 5.41) is 3.54. The lowest BCUT2D eigenvalue weighted by Gasteiger charge is -2.15. The normalized spacial score (nSPS) is 12.7. The predicted molar refractivity (Wildman–Crippen MR) is 68.3 cm³/mol. The molecule has 0 amide bonds. The van der Waals surface area contributed by atoms with Crippen molar-refractivity contribution in [3.8, 4) is 0 Å². The number of hydrogen-bond donors (Lipinski definition) is 1. The zero-order valence-corrected chi connectivity index (χ0v) is 10.6. The van der Waals surface area contributed by atoms with E-state index in [0.717, 1.165) is 12.2 Å². The molecule has 15 heavy (non-hydrogen) atoms. The zero-order valence-electron chi connectivity index (χ0n) is 9.79. The maximum atomic E-state index is 4.38. The van der Waals surface area contributed by atoms with Gasteiger partial charge in [-0.25, -0.2) is 0 Å². The molecule has 1 rings (SSSR count). The predicted octanol–water partition coefficient (Wildman–Crippen LogP) is 2.62. The minimum absolute atomic E-state index is 0.599. The quantitative estimate of drug-likeness (QED) is 0.804. The lowest BCUT2D eigenvalue weighted by atomic mass is 10.2. The molecule has 3 heteroatoms. The molecule has 0 aliphatic rings. The Hall–Kier alpha value is -0.540. The number of hydrogen-bond acceptors (Lipinski definition) is 3. The standard InChI is InChI=1S/C12H20N2S/c1-4-11(9-15-3)14-8-12-10(2)6-5-7-13-12/h5-7,11,14H,4,8-9H2,1-3H3. The van der Waals surface area contributed by atoms with Crippen molar-refractivity contribution in [3.05, 3.63) is 29.6 Å². The summed E-state index contributed by atoms with van der Waals surface area (Å²) in [5.74, 6) is 1.17. The van der Waals surface area contributed by atoms with Crippen molar-refractivity contribution >= 4 is 11.8 Å². The summed E-state index contributed by atoms with van der Waals surface area (Å²) in [6.07, 6.45) is 5.18. The molecule has 0 saturated carbocycles. The highest BCUT2D eigenvalue weighted by Gasteiger charge is 2.05. The highest BCUT2D eigenvalue weighted by atomic mass is 32.2. The van der Waals surface area contributed by atoms with Crippen molar-refractivity contribution in [2.24, 2.45) is 0 Å². The van der Waals surface area contributed by atoms with Gasteiger partial charge in [0.1, 0.15) is 0 Å². The Morgan fingerprint density at radius 3 is 2.93 bits per heavy atom. The van der Waals surface area contributed by atoms with Crippen LogP contribution in [-0.4, -0.2) is 23.0 Å². The Morgan fingerprint density at radius 1 is 1.53 bits per heavy atom. The monoisotopic (exact) mass is 224 g/mol. The molecule has 0 saturated heterocycles. The van der Waals surface area contributed by atoms with E-state index in [9.17, 15) is 0 Å². The van der Waals surface area contributed by atoms with Crippen LogP contribution in [0.1, 0.15) is 24.6 Å². The van der Waals surface area contributed by atoms with Gasteiger partial charge in [-0.05, 0) is 31.2 Å². The molecule has 1 unspecified atom stereocenters. The molecular weight excluding hydrogens is 204 g/mol. The first-order chi connectivity index (χ1) is 7.27. The molecule has 0 bridgehead atoms. The molecule has 0 radical (unpaired) electrons. The summed E-state index contributed by atoms with van der Waals surface area (Å²) >= 11 is 1.89. The van der Waals surface area contributed by atoms with Crippen molar-refractivity contribution in [2.45, 2.75) is 32.9 Å². The molecule has 0 aromatic carbocycles. The van der Waals surface area contributed by atoms with Crippen LogP contribution in [0, 0.1) is 6.92 Å². The fourth-order valence-electron chi connectivity index (χ4n) is 1.47. The van der Waals surface area contributed by atoms with Crippen LogP contribution in [0.25, 0.3) is 0 Å². The van der Waals surface area contributed by atoms with E-state index in [1.807, 2.05) is 24.0 Å². The first-order valence-electron chi connectivity index (χ1n) is 5.40. The van der Waals surface area contributed by atoms with Gasteiger partial charge < -0.3 is 5.32 Å². The molecule has 0 aliphatic carbocycles. The molecule has 1 aromatic rings. The SMILES string of the molecule is CCC(CSC)NCc1ncccc1C. The Bertz CT molecular complexity index is 289. The third kappa shape index (κ3) is 4.22. The van der Waals surface area contributed by atoms with Crippen LogP contribution in [0.2, 0.25) is 0 Å². The molecule has 1 aromatic heterocycles. The average molecular weight is 224 g/mol. The van der Waals surface area contributed by atoms with Gasteiger partial charge in [-0.2, -0.15) is 11.8 Å². The van der Waals surface area contributed by atoms with E-state index < -0.39 is 0 Å². The molecule has 1 atom stereocenters. The number of nitrogens with zero attached hydrogens (tertiary/aromatic N) is 1. The van der Waals surface area contributed by atoms with E-state index in [1.165, 1.54) is 17.7 Å². The second-order valence-corrected chi connectivity index (χ2v) is 4.62. The minimum Gasteiger partial charge on any atom is -0.308 e. The van der Waals surface area contributed by atoms with Gasteiger partial charge >= 0.3 is 0 Å². The van der Waals surface area contributed by atoms with Gasteiger partial charge in [0.25, 0.3) is 0 Å². The molecule has 2 nitrogen and oxygen atoms in total. The number of thioether (sulfide) groups is 1. The van der Waals surface area contributed by atoms with Crippen LogP contribution < -0.4 is 5.32 Å². The third-order valence-electron chi connectivity index (χ3n) is 2.54. The maximum absolute atomic E-state index is 4.38. The van der Waals surface area contributed by atoms with Gasteiger partial charge in [0.15, 0.2) is 0 Å². The van der Waals surface area contributed by atoms with Gasteiger partial charge in [-0.3, -0.25) is 4.98 Å². The smallest absolute Gasteiger partial charge is 0.0570 e. The van der Waals surface area contributed by atoms with Crippen molar-refractivity contribution in [1.82, 2.24) is 10.3 Å². The van der Waals surface area contributed by atoms with E-state index in [4.69, 9.17) is 0 Å². The van der Waals surface area contributed by atoms with Gasteiger partial charge in [0.2, 0.25) is 0 Å². The number of aromatic nitrogens is 1. The first kappa shape index (κ1) is 12.5. The molecule has 0 aliphatic heterocycles. The van der Waals surface area contributed by atoms with Crippen LogP contribution in [0.4, 0.5) is 0 Å². The summed E-state index contributed by atoms with van der Waals surface area (Å²) in [5.41, 5.74) is 2.43. The van der Waals surface area contributed by atoms with Crippen molar-refractivity contribution < 1.29 is 0 Å². The fourth-order valence-corrected chi connectivity index (χ4v) is 2.22. The Morgan fingerprint density at radius 2 is 2.33 bits per heavy atom. The Labute approximate surface area is 96.9 Å². The highest BCUT2D eigenvalue weighted by Crippen LogP contribution is 2.05. The van der Waals surface area contributed by atoms with Gasteiger partial charge in [0, 0.05) is 24.5 Å². The number of pyridine rings is 1. The van der Waals surface area contributed by atoms with Crippen LogP contribution >= 0.6 is 11.8 Å². The summed E-state index contributed by atoms with van der Waals surface area (Å²) in [4.78, 5) is 4.38. The van der Waals surface area contributed by atoms with Gasteiger partial charge in [-0.15, -0.1) is 0 Å². The summed E-state index contributed by atoms with van der Waals surface area (Å²) < 4.78 is 0. The van der Waals surface area contributed by atoms with Gasteiger partial charge in [0.05, 0.1) is 5.69 Å². The Balaban J connectivity index is 2.45. The molecule has 0 spiro atoms. The molecule has 1 N–H and O–H groups in total. The van der Waals surface area contributed by atoms with Crippen molar-refractivity contribution in [1.29, 1.82) is 0 Å². The number of rotatable bonds is 6. The fraction of sp³-hybridized carbons (Fsp3) is 0.583. The third-order valence-corrected chi connectivity index (χ3v) is 3.27. The summed E-state index contributed by atoms with van der Waals surface area (Å²) in [7, 11) is 0. The Kier molecular flexibility index (Phi) is 5.73. The second-order valence-electron chi connectivity index (χ2n) is 3.71. The molecular formula is C12H20N2S. The van der Waals surface area contributed by atoms with Gasteiger partial charge in [-0.1, -0.05) is 13.0 Å². The number of aryl methyl sites for hydroxylation is 1. The lowest BCUT2D eigenvalue weighted by molar-refractivity contribution is 0.535. The van der Waals surface area contributed by atoms with Crippen molar-refractivity contribution in [3.63, 3.8) is 0 Å². The van der Waals surface area contributed by atoms with E-state index in [1.54, 1.807) is 0 Å². The summed E-state index contributed by atoms with van der Waals surface area (Å²) in [6, 6.07) is 4.69. The average Bonchev–Trinajstić information content (AvgIpc) is 2.26. The van der Waals surface area contributed by atoms with Crippen LogP contribution in [0.3, 0.4) is 0 Å². The van der Waals surface area contributed by atoms with Crippen molar-refractivity contribution in [2.75, 3.05) is 12.0 Å². The van der Waals surface area contributed by atoms with E-state index >= 15 is 0 Å². The summed E-state index contributed by atoms with van der Waals surface area (Å²) in [6.45, 7) is 5.21. The zero-order chi connectivity index (χ0) is 11.1. The highest BCUT2D eigenvalue weighted by molar-refractivity contribution is 7.98. The second kappa shape index (κ2) is 6.85. The largest absolute Gasteiger partial charge is 0.308 e. The van der Waals surface area contributed by atoms with E-state index in [2.05, 4.69) is 36.5 Å². The van der Waals surface area contributed by atoms with E-state index in [0.29, 0.717) is 6.04 Å². The topological polar surface area (TPSA) is 24.9 Å². The lowest BCUT2D eigenvalue weighted by Crippen LogP contribution is -2.30. The molecule has 1 heterocycles. The van der Waals surface area contributed by atoms with Crippen LogP contribution in [0.5, 0.6) is 0 Å². The van der Waals surface area contributed by atoms with Crippen LogP contribution in [-0.2, 0) is 6.54 Å². The van der Waals surface area contributed by atoms with Crippen LogP contribution in [0.15, 0.2) is 18.3 Å². The number of nitrogens with one attached hydrogen (secondary N) is 1. The minimum atomic E-state index is 0.599.